The van der Waals surface area contributed by atoms with Crippen molar-refractivity contribution in [1.82, 2.24) is 4.98 Å². The van der Waals surface area contributed by atoms with Crippen LogP contribution in [0.5, 0.6) is 0 Å². The molecule has 0 saturated heterocycles. The van der Waals surface area contributed by atoms with Crippen LogP contribution in [0.25, 0.3) is 0 Å². The number of rotatable bonds is 2. The third-order valence-corrected chi connectivity index (χ3v) is 2.25. The molecule has 2 N–H and O–H groups in total. The van der Waals surface area contributed by atoms with E-state index in [1.807, 2.05) is 0 Å². The Morgan fingerprint density at radius 2 is 2.07 bits per heavy atom. The molecule has 0 radical (unpaired) electrons. The van der Waals surface area contributed by atoms with Gasteiger partial charge in [0, 0.05) is 6.92 Å². The Morgan fingerprint density at radius 3 is 2.53 bits per heavy atom. The van der Waals surface area contributed by atoms with E-state index in [-0.39, 0.29) is 21.4 Å². The number of carboxylic acid groups (broad SMARTS) is 1. The highest BCUT2D eigenvalue weighted by Crippen LogP contribution is 2.29. The van der Waals surface area contributed by atoms with Gasteiger partial charge in [0.25, 0.3) is 0 Å². The van der Waals surface area contributed by atoms with Gasteiger partial charge in [-0.05, 0) is 0 Å². The first-order chi connectivity index (χ1) is 6.93. The number of hydrogen-bond donors (Lipinski definition) is 2. The maximum absolute atomic E-state index is 10.9. The predicted molar refractivity (Wildman–Crippen MR) is 55.5 cm³/mol. The van der Waals surface area contributed by atoms with Gasteiger partial charge in [-0.1, -0.05) is 23.2 Å². The van der Waals surface area contributed by atoms with Gasteiger partial charge in [0.2, 0.25) is 5.91 Å². The number of aromatic carboxylic acids is 1. The summed E-state index contributed by atoms with van der Waals surface area (Å²) in [5, 5.41) is 10.8. The van der Waals surface area contributed by atoms with Crippen LogP contribution in [0.15, 0.2) is 6.20 Å². The fraction of sp³-hybridized carbons (Fsp3) is 0.125. The van der Waals surface area contributed by atoms with Gasteiger partial charge in [0.05, 0.1) is 16.9 Å². The van der Waals surface area contributed by atoms with E-state index in [2.05, 4.69) is 10.3 Å². The van der Waals surface area contributed by atoms with Gasteiger partial charge in [-0.15, -0.1) is 0 Å². The summed E-state index contributed by atoms with van der Waals surface area (Å²) in [7, 11) is 0. The zero-order valence-electron chi connectivity index (χ0n) is 7.54. The number of carbonyl (C=O) groups excluding carboxylic acids is 1. The van der Waals surface area contributed by atoms with Crippen LogP contribution >= 0.6 is 23.2 Å². The number of aromatic nitrogens is 1. The van der Waals surface area contributed by atoms with Crippen molar-refractivity contribution in [3.05, 3.63) is 21.9 Å². The van der Waals surface area contributed by atoms with Crippen molar-refractivity contribution in [2.45, 2.75) is 6.92 Å². The number of hydrogen-bond acceptors (Lipinski definition) is 3. The van der Waals surface area contributed by atoms with Crippen LogP contribution in [0.1, 0.15) is 17.3 Å². The summed E-state index contributed by atoms with van der Waals surface area (Å²) in [6, 6.07) is 0. The van der Waals surface area contributed by atoms with Gasteiger partial charge in [-0.25, -0.2) is 9.78 Å². The van der Waals surface area contributed by atoms with E-state index >= 15 is 0 Å². The Morgan fingerprint density at radius 1 is 1.47 bits per heavy atom. The van der Waals surface area contributed by atoms with Gasteiger partial charge in [0.15, 0.2) is 0 Å². The lowest BCUT2D eigenvalue weighted by atomic mass is 10.2. The molecule has 0 fully saturated rings. The molecule has 0 aliphatic carbocycles. The minimum Gasteiger partial charge on any atom is -0.478 e. The molecule has 1 rings (SSSR count). The first-order valence-electron chi connectivity index (χ1n) is 3.78. The number of carboxylic acids is 1. The normalized spacial score (nSPS) is 9.80. The predicted octanol–water partition coefficient (Wildman–Crippen LogP) is 2.04. The van der Waals surface area contributed by atoms with E-state index in [0.717, 1.165) is 6.20 Å². The molecule has 15 heavy (non-hydrogen) atoms. The average molecular weight is 249 g/mol. The molecular weight excluding hydrogens is 243 g/mol. The molecule has 0 spiro atoms. The second-order valence-corrected chi connectivity index (χ2v) is 3.37. The summed E-state index contributed by atoms with van der Waals surface area (Å²) in [6.07, 6.45) is 1.14. The van der Waals surface area contributed by atoms with Gasteiger partial charge < -0.3 is 10.4 Å². The van der Waals surface area contributed by atoms with E-state index in [0.29, 0.717) is 0 Å². The quantitative estimate of drug-likeness (QED) is 0.786. The summed E-state index contributed by atoms with van der Waals surface area (Å²) in [5.74, 6) is -1.70. The second kappa shape index (κ2) is 4.46. The van der Waals surface area contributed by atoms with Crippen molar-refractivity contribution in [1.29, 1.82) is 0 Å². The molecule has 0 bridgehead atoms. The maximum atomic E-state index is 10.9. The van der Waals surface area contributed by atoms with Crippen LogP contribution in [-0.2, 0) is 4.79 Å². The summed E-state index contributed by atoms with van der Waals surface area (Å²) in [5.41, 5.74) is -0.253. The SMILES string of the molecule is CC(=O)Nc1cnc(Cl)c(Cl)c1C(=O)O. The third-order valence-electron chi connectivity index (χ3n) is 1.50. The molecule has 7 heteroatoms. The summed E-state index contributed by atoms with van der Waals surface area (Å²) < 4.78 is 0. The Kier molecular flexibility index (Phi) is 3.49. The van der Waals surface area contributed by atoms with Crippen LogP contribution in [0.2, 0.25) is 10.2 Å². The van der Waals surface area contributed by atoms with Crippen LogP contribution in [-0.4, -0.2) is 22.0 Å². The Hall–Kier alpha value is -1.33. The molecule has 1 heterocycles. The number of nitrogens with zero attached hydrogens (tertiary/aromatic N) is 1. The molecular formula is C8H6Cl2N2O3. The van der Waals surface area contributed by atoms with E-state index in [1.165, 1.54) is 6.92 Å². The topological polar surface area (TPSA) is 79.3 Å². The Labute approximate surface area is 95.0 Å². The molecule has 1 aromatic heterocycles. The van der Waals surface area contributed by atoms with E-state index in [4.69, 9.17) is 28.3 Å². The number of nitrogens with one attached hydrogen (secondary N) is 1. The van der Waals surface area contributed by atoms with Crippen molar-refractivity contribution in [2.24, 2.45) is 0 Å². The summed E-state index contributed by atoms with van der Waals surface area (Å²) >= 11 is 11.2. The lowest BCUT2D eigenvalue weighted by molar-refractivity contribution is -0.114. The monoisotopic (exact) mass is 248 g/mol. The minimum atomic E-state index is -1.28. The Balaban J connectivity index is 3.33. The fourth-order valence-corrected chi connectivity index (χ4v) is 1.33. The average Bonchev–Trinajstić information content (AvgIpc) is 2.10. The molecule has 0 saturated carbocycles. The highest BCUT2D eigenvalue weighted by molar-refractivity contribution is 6.43. The lowest BCUT2D eigenvalue weighted by Crippen LogP contribution is -2.12. The third kappa shape index (κ3) is 2.57. The smallest absolute Gasteiger partial charge is 0.339 e. The van der Waals surface area contributed by atoms with Crippen LogP contribution in [0, 0.1) is 0 Å². The zero-order chi connectivity index (χ0) is 11.6. The number of carbonyl (C=O) groups is 2. The minimum absolute atomic E-state index is 0.0180. The van der Waals surface area contributed by atoms with Gasteiger partial charge >= 0.3 is 5.97 Å². The molecule has 0 unspecified atom stereocenters. The number of pyridine rings is 1. The highest BCUT2D eigenvalue weighted by Gasteiger charge is 2.18. The van der Waals surface area contributed by atoms with Crippen molar-refractivity contribution in [3.8, 4) is 0 Å². The zero-order valence-corrected chi connectivity index (χ0v) is 9.06. The molecule has 0 aromatic carbocycles. The van der Waals surface area contributed by atoms with E-state index in [9.17, 15) is 9.59 Å². The second-order valence-electron chi connectivity index (χ2n) is 2.64. The highest BCUT2D eigenvalue weighted by atomic mass is 35.5. The van der Waals surface area contributed by atoms with E-state index < -0.39 is 11.9 Å². The molecule has 0 atom stereocenters. The largest absolute Gasteiger partial charge is 0.478 e. The summed E-state index contributed by atoms with van der Waals surface area (Å²) in [6.45, 7) is 1.24. The number of amides is 1. The molecule has 5 nitrogen and oxygen atoms in total. The molecule has 1 aromatic rings. The van der Waals surface area contributed by atoms with Crippen LogP contribution in [0.3, 0.4) is 0 Å². The van der Waals surface area contributed by atoms with Crippen molar-refractivity contribution in [2.75, 3.05) is 5.32 Å². The first-order valence-corrected chi connectivity index (χ1v) is 4.54. The summed E-state index contributed by atoms with van der Waals surface area (Å²) in [4.78, 5) is 25.3. The lowest BCUT2D eigenvalue weighted by Gasteiger charge is -2.08. The van der Waals surface area contributed by atoms with Crippen molar-refractivity contribution in [3.63, 3.8) is 0 Å². The van der Waals surface area contributed by atoms with Crippen molar-refractivity contribution < 1.29 is 14.7 Å². The van der Waals surface area contributed by atoms with Gasteiger partial charge in [-0.3, -0.25) is 4.79 Å². The Bertz CT molecular complexity index is 434. The number of anilines is 1. The number of halogens is 2. The standard InChI is InChI=1S/C8H6Cl2N2O3/c1-3(13)12-4-2-11-7(10)6(9)5(4)8(14)15/h2H,1H3,(H,12,13)(H,14,15). The molecule has 0 aliphatic heterocycles. The molecule has 1 amide bonds. The van der Waals surface area contributed by atoms with Crippen LogP contribution < -0.4 is 5.32 Å². The van der Waals surface area contributed by atoms with Gasteiger partial charge in [-0.2, -0.15) is 0 Å². The van der Waals surface area contributed by atoms with E-state index in [1.54, 1.807) is 0 Å². The first kappa shape index (κ1) is 11.7. The molecule has 80 valence electrons. The molecule has 0 aliphatic rings. The van der Waals surface area contributed by atoms with Crippen LogP contribution in [0.4, 0.5) is 5.69 Å². The maximum Gasteiger partial charge on any atom is 0.339 e. The van der Waals surface area contributed by atoms with Gasteiger partial charge in [0.1, 0.15) is 10.7 Å². The fourth-order valence-electron chi connectivity index (χ4n) is 0.957. The van der Waals surface area contributed by atoms with Crippen molar-refractivity contribution >= 4 is 40.8 Å².